The van der Waals surface area contributed by atoms with Gasteiger partial charge in [-0.05, 0) is 18.4 Å². The van der Waals surface area contributed by atoms with Gasteiger partial charge in [-0.2, -0.15) is 0 Å². The number of likely N-dealkylation sites (N-methyl/N-ethyl adjacent to an activating group) is 1. The molecule has 1 aliphatic heterocycles. The second-order valence-corrected chi connectivity index (χ2v) is 5.15. The third-order valence-electron chi connectivity index (χ3n) is 3.50. The zero-order chi connectivity index (χ0) is 15.2. The van der Waals surface area contributed by atoms with E-state index in [1.807, 2.05) is 0 Å². The number of urea groups is 1. The van der Waals surface area contributed by atoms with Gasteiger partial charge in [0.25, 0.3) is 0 Å². The molecule has 1 unspecified atom stereocenters. The summed E-state index contributed by atoms with van der Waals surface area (Å²) in [6, 6.07) is 7.18. The van der Waals surface area contributed by atoms with Crippen molar-refractivity contribution < 1.29 is 19.4 Å². The van der Waals surface area contributed by atoms with Gasteiger partial charge in [-0.15, -0.1) is 0 Å². The molecule has 1 aromatic rings. The number of nitrogens with zero attached hydrogens (tertiary/aromatic N) is 1. The maximum Gasteiger partial charge on any atom is 0.330 e. The lowest BCUT2D eigenvalue weighted by Gasteiger charge is -2.23. The number of carbonyl (C=O) groups excluding carboxylic acids is 1. The van der Waals surface area contributed by atoms with E-state index in [4.69, 9.17) is 4.74 Å². The first-order valence-electron chi connectivity index (χ1n) is 6.99. The first-order valence-corrected chi connectivity index (χ1v) is 6.99. The fraction of sp³-hybridized carbons (Fsp3) is 0.467. The van der Waals surface area contributed by atoms with E-state index in [0.29, 0.717) is 12.1 Å². The Hall–Kier alpha value is -2.08. The fourth-order valence-electron chi connectivity index (χ4n) is 2.34. The Morgan fingerprint density at radius 3 is 2.71 bits per heavy atom. The molecule has 2 amide bonds. The maximum absolute atomic E-state index is 12.1. The van der Waals surface area contributed by atoms with Crippen LogP contribution in [0.4, 0.5) is 4.79 Å². The highest BCUT2D eigenvalue weighted by molar-refractivity contribution is 5.83. The van der Waals surface area contributed by atoms with Gasteiger partial charge < -0.3 is 20.1 Å². The van der Waals surface area contributed by atoms with Gasteiger partial charge in [0.1, 0.15) is 0 Å². The summed E-state index contributed by atoms with van der Waals surface area (Å²) < 4.78 is 5.47. The van der Waals surface area contributed by atoms with Gasteiger partial charge >= 0.3 is 12.0 Å². The summed E-state index contributed by atoms with van der Waals surface area (Å²) in [5.41, 5.74) is 0.545. The molecule has 1 heterocycles. The number of amides is 2. The van der Waals surface area contributed by atoms with Crippen LogP contribution in [0.2, 0.25) is 0 Å². The van der Waals surface area contributed by atoms with Gasteiger partial charge in [0.2, 0.25) is 0 Å². The molecule has 6 heteroatoms. The number of benzene rings is 1. The van der Waals surface area contributed by atoms with Gasteiger partial charge in [-0.25, -0.2) is 9.59 Å². The minimum Gasteiger partial charge on any atom is -0.479 e. The van der Waals surface area contributed by atoms with Crippen LogP contribution in [0.15, 0.2) is 30.3 Å². The number of ether oxygens (including phenoxy) is 1. The monoisotopic (exact) mass is 292 g/mol. The highest BCUT2D eigenvalue weighted by atomic mass is 16.5. The number of hydrogen-bond donors (Lipinski definition) is 2. The highest BCUT2D eigenvalue weighted by Crippen LogP contribution is 2.15. The number of hydrogen-bond acceptors (Lipinski definition) is 3. The van der Waals surface area contributed by atoms with Crippen LogP contribution in [0.1, 0.15) is 24.4 Å². The van der Waals surface area contributed by atoms with Crippen LogP contribution < -0.4 is 5.32 Å². The van der Waals surface area contributed by atoms with E-state index < -0.39 is 18.0 Å². The summed E-state index contributed by atoms with van der Waals surface area (Å²) in [5.74, 6) is -1.08. The largest absolute Gasteiger partial charge is 0.479 e. The van der Waals surface area contributed by atoms with E-state index in [1.54, 1.807) is 37.4 Å². The van der Waals surface area contributed by atoms with Crippen LogP contribution in [0.5, 0.6) is 0 Å². The topological polar surface area (TPSA) is 78.9 Å². The smallest absolute Gasteiger partial charge is 0.330 e. The molecule has 2 atom stereocenters. The van der Waals surface area contributed by atoms with Crippen molar-refractivity contribution in [3.8, 4) is 0 Å². The maximum atomic E-state index is 12.1. The predicted octanol–water partition coefficient (Wildman–Crippen LogP) is 1.63. The average Bonchev–Trinajstić information content (AvgIpc) is 2.98. The van der Waals surface area contributed by atoms with Crippen LogP contribution in [0, 0.1) is 0 Å². The van der Waals surface area contributed by atoms with Crippen molar-refractivity contribution in [1.82, 2.24) is 10.2 Å². The molecule has 6 nitrogen and oxygen atoms in total. The zero-order valence-electron chi connectivity index (χ0n) is 12.0. The summed E-state index contributed by atoms with van der Waals surface area (Å²) in [4.78, 5) is 24.9. The molecule has 0 spiro atoms. The second-order valence-electron chi connectivity index (χ2n) is 5.15. The molecular weight excluding hydrogens is 272 g/mol. The van der Waals surface area contributed by atoms with Gasteiger partial charge in [0, 0.05) is 20.2 Å². The molecule has 2 rings (SSSR count). The van der Waals surface area contributed by atoms with Crippen LogP contribution in [0.25, 0.3) is 0 Å². The van der Waals surface area contributed by atoms with Crippen molar-refractivity contribution in [3.05, 3.63) is 35.9 Å². The number of rotatable bonds is 5. The van der Waals surface area contributed by atoms with Gasteiger partial charge in [-0.3, -0.25) is 0 Å². The fourth-order valence-corrected chi connectivity index (χ4v) is 2.34. The Kier molecular flexibility index (Phi) is 5.16. The van der Waals surface area contributed by atoms with E-state index in [1.165, 1.54) is 4.90 Å². The Morgan fingerprint density at radius 1 is 1.43 bits per heavy atom. The molecule has 1 fully saturated rings. The number of aliphatic carboxylic acids is 1. The molecule has 1 saturated heterocycles. The number of carboxylic acids is 1. The van der Waals surface area contributed by atoms with E-state index in [-0.39, 0.29) is 6.10 Å². The number of nitrogens with one attached hydrogen (secondary N) is 1. The molecular formula is C15H20N2O4. The molecule has 0 radical (unpaired) electrons. The predicted molar refractivity (Wildman–Crippen MR) is 77.0 cm³/mol. The number of carbonyl (C=O) groups is 2. The van der Waals surface area contributed by atoms with Crippen molar-refractivity contribution in [2.24, 2.45) is 0 Å². The minimum atomic E-state index is -1.08. The lowest BCUT2D eigenvalue weighted by atomic mass is 10.1. The molecule has 0 aromatic heterocycles. The third kappa shape index (κ3) is 4.19. The molecule has 21 heavy (non-hydrogen) atoms. The molecule has 1 aliphatic rings. The average molecular weight is 292 g/mol. The Bertz CT molecular complexity index is 486. The normalized spacial score (nSPS) is 19.0. The zero-order valence-corrected chi connectivity index (χ0v) is 12.0. The Labute approximate surface area is 123 Å². The van der Waals surface area contributed by atoms with Gasteiger partial charge in [0.05, 0.1) is 6.10 Å². The van der Waals surface area contributed by atoms with Crippen molar-refractivity contribution in [3.63, 3.8) is 0 Å². The summed E-state index contributed by atoms with van der Waals surface area (Å²) >= 11 is 0. The van der Waals surface area contributed by atoms with Crippen LogP contribution in [-0.2, 0) is 9.53 Å². The number of carboxylic acid groups (broad SMARTS) is 1. The second kappa shape index (κ2) is 7.08. The van der Waals surface area contributed by atoms with Crippen molar-refractivity contribution in [1.29, 1.82) is 0 Å². The molecule has 2 N–H and O–H groups in total. The van der Waals surface area contributed by atoms with E-state index in [0.717, 1.165) is 19.4 Å². The van der Waals surface area contributed by atoms with Crippen molar-refractivity contribution in [2.45, 2.75) is 25.0 Å². The van der Waals surface area contributed by atoms with Crippen molar-refractivity contribution >= 4 is 12.0 Å². The Balaban J connectivity index is 1.96. The molecule has 1 aromatic carbocycles. The molecule has 0 bridgehead atoms. The van der Waals surface area contributed by atoms with E-state index >= 15 is 0 Å². The van der Waals surface area contributed by atoms with Gasteiger partial charge in [-0.1, -0.05) is 30.3 Å². The summed E-state index contributed by atoms with van der Waals surface area (Å²) in [6.45, 7) is 1.19. The SMILES string of the molecule is CN(CC1CCCO1)C(=O)N[C@H](C(=O)O)c1ccccc1. The standard InChI is InChI=1S/C15H20N2O4/c1-17(10-12-8-5-9-21-12)15(20)16-13(14(18)19)11-6-3-2-4-7-11/h2-4,6-7,12-13H,5,8-10H2,1H3,(H,16,20)(H,18,19)/t12?,13-/m0/s1. The van der Waals surface area contributed by atoms with E-state index in [2.05, 4.69) is 5.32 Å². The molecule has 0 aliphatic carbocycles. The molecule has 0 saturated carbocycles. The molecule has 114 valence electrons. The summed E-state index contributed by atoms with van der Waals surface area (Å²) in [6.07, 6.45) is 1.97. The lowest BCUT2D eigenvalue weighted by Crippen LogP contribution is -2.44. The highest BCUT2D eigenvalue weighted by Gasteiger charge is 2.25. The summed E-state index contributed by atoms with van der Waals surface area (Å²) in [5, 5.41) is 11.8. The third-order valence-corrected chi connectivity index (χ3v) is 3.50. The summed E-state index contributed by atoms with van der Waals surface area (Å²) in [7, 11) is 1.64. The van der Waals surface area contributed by atoms with Crippen LogP contribution >= 0.6 is 0 Å². The van der Waals surface area contributed by atoms with Crippen LogP contribution in [0.3, 0.4) is 0 Å². The van der Waals surface area contributed by atoms with Gasteiger partial charge in [0.15, 0.2) is 6.04 Å². The first kappa shape index (κ1) is 15.3. The lowest BCUT2D eigenvalue weighted by molar-refractivity contribution is -0.139. The van der Waals surface area contributed by atoms with Crippen LogP contribution in [-0.4, -0.2) is 48.3 Å². The Morgan fingerprint density at radius 2 is 2.14 bits per heavy atom. The van der Waals surface area contributed by atoms with E-state index in [9.17, 15) is 14.7 Å². The minimum absolute atomic E-state index is 0.0424. The quantitative estimate of drug-likeness (QED) is 0.864. The van der Waals surface area contributed by atoms with Crippen molar-refractivity contribution in [2.75, 3.05) is 20.2 Å². The first-order chi connectivity index (χ1) is 10.1.